The number of carbonyl (C=O) groups is 1. The van der Waals surface area contributed by atoms with E-state index in [0.29, 0.717) is 31.2 Å². The van der Waals surface area contributed by atoms with Gasteiger partial charge in [-0.1, -0.05) is 13.8 Å². The second-order valence-corrected chi connectivity index (χ2v) is 8.43. The van der Waals surface area contributed by atoms with Crippen LogP contribution in [0, 0.1) is 5.92 Å². The molecule has 0 saturated carbocycles. The summed E-state index contributed by atoms with van der Waals surface area (Å²) in [7, 11) is 3.05. The topological polar surface area (TPSA) is 63.7 Å². The van der Waals surface area contributed by atoms with Crippen molar-refractivity contribution < 1.29 is 17.9 Å². The number of hydrogen-bond acceptors (Lipinski definition) is 5. The molecule has 1 amide bonds. The number of nitrogens with zero attached hydrogens (tertiary/aromatic N) is 1. The van der Waals surface area contributed by atoms with Crippen LogP contribution in [0.25, 0.3) is 0 Å². The lowest BCUT2D eigenvalue weighted by Gasteiger charge is -2.23. The predicted octanol–water partition coefficient (Wildman–Crippen LogP) is 2.42. The summed E-state index contributed by atoms with van der Waals surface area (Å²) >= 11 is 0.946. The Morgan fingerprint density at radius 1 is 1.50 bits per heavy atom. The van der Waals surface area contributed by atoms with Crippen LogP contribution >= 0.6 is 22.0 Å². The molecule has 8 heteroatoms. The fourth-order valence-electron chi connectivity index (χ4n) is 1.66. The molecule has 20 heavy (non-hydrogen) atoms. The zero-order chi connectivity index (χ0) is 15.3. The standard InChI is InChI=1S/C12H18ClNO4S2/c1-9(2)7-14(4-5-18-3)12(15)10-6-11(19-8-10)20(13,16)17/h6,8-9H,4-5,7H2,1-3H3. The summed E-state index contributed by atoms with van der Waals surface area (Å²) < 4.78 is 27.4. The highest BCUT2D eigenvalue weighted by Gasteiger charge is 2.21. The summed E-state index contributed by atoms with van der Waals surface area (Å²) in [6, 6.07) is 1.31. The zero-order valence-corrected chi connectivity index (χ0v) is 14.0. The molecule has 5 nitrogen and oxygen atoms in total. The van der Waals surface area contributed by atoms with E-state index >= 15 is 0 Å². The quantitative estimate of drug-likeness (QED) is 0.716. The third-order valence-corrected chi connectivity index (χ3v) is 5.54. The minimum atomic E-state index is -3.79. The van der Waals surface area contributed by atoms with Crippen molar-refractivity contribution in [3.8, 4) is 0 Å². The molecule has 0 aliphatic carbocycles. The Morgan fingerprint density at radius 2 is 2.15 bits per heavy atom. The first-order valence-corrected chi connectivity index (χ1v) is 9.26. The van der Waals surface area contributed by atoms with Gasteiger partial charge in [-0.15, -0.1) is 11.3 Å². The maximum atomic E-state index is 12.4. The Bertz CT molecular complexity index is 554. The highest BCUT2D eigenvalue weighted by Crippen LogP contribution is 2.24. The molecular weight excluding hydrogens is 322 g/mol. The molecule has 1 heterocycles. The summed E-state index contributed by atoms with van der Waals surface area (Å²) in [5, 5.41) is 1.51. The number of rotatable bonds is 7. The summed E-state index contributed by atoms with van der Waals surface area (Å²) in [5.41, 5.74) is 0.339. The van der Waals surface area contributed by atoms with Crippen molar-refractivity contribution in [2.24, 2.45) is 5.92 Å². The van der Waals surface area contributed by atoms with E-state index in [-0.39, 0.29) is 10.1 Å². The Labute approximate surface area is 127 Å². The van der Waals surface area contributed by atoms with E-state index in [1.807, 2.05) is 13.8 Å². The van der Waals surface area contributed by atoms with Gasteiger partial charge in [-0.3, -0.25) is 4.79 Å². The van der Waals surface area contributed by atoms with Crippen LogP contribution in [-0.4, -0.2) is 46.0 Å². The van der Waals surface area contributed by atoms with Crippen molar-refractivity contribution >= 4 is 37.0 Å². The maximum absolute atomic E-state index is 12.4. The van der Waals surface area contributed by atoms with Crippen LogP contribution in [-0.2, 0) is 13.8 Å². The lowest BCUT2D eigenvalue weighted by molar-refractivity contribution is 0.0672. The lowest BCUT2D eigenvalue weighted by Crippen LogP contribution is -2.36. The van der Waals surface area contributed by atoms with Crippen LogP contribution in [0.4, 0.5) is 0 Å². The summed E-state index contributed by atoms with van der Waals surface area (Å²) in [6.45, 7) is 5.50. The van der Waals surface area contributed by atoms with Gasteiger partial charge in [0.05, 0.1) is 12.2 Å². The van der Waals surface area contributed by atoms with E-state index in [1.165, 1.54) is 11.4 Å². The van der Waals surface area contributed by atoms with Gasteiger partial charge in [0.1, 0.15) is 4.21 Å². The number of amides is 1. The first kappa shape index (κ1) is 17.4. The van der Waals surface area contributed by atoms with Crippen LogP contribution in [0.5, 0.6) is 0 Å². The van der Waals surface area contributed by atoms with Crippen LogP contribution in [0.15, 0.2) is 15.7 Å². The van der Waals surface area contributed by atoms with Gasteiger partial charge in [0.2, 0.25) is 0 Å². The molecule has 1 aromatic heterocycles. The van der Waals surface area contributed by atoms with Gasteiger partial charge in [-0.25, -0.2) is 8.42 Å². The second-order valence-electron chi connectivity index (χ2n) is 4.73. The van der Waals surface area contributed by atoms with Gasteiger partial charge in [0.15, 0.2) is 0 Å². The van der Waals surface area contributed by atoms with E-state index in [1.54, 1.807) is 12.0 Å². The van der Waals surface area contributed by atoms with Gasteiger partial charge in [0.25, 0.3) is 15.0 Å². The third-order valence-electron chi connectivity index (χ3n) is 2.50. The minimum absolute atomic E-state index is 0.0150. The molecule has 0 fully saturated rings. The zero-order valence-electron chi connectivity index (χ0n) is 11.6. The van der Waals surface area contributed by atoms with Gasteiger partial charge in [0, 0.05) is 36.3 Å². The molecule has 0 bridgehead atoms. The second kappa shape index (κ2) is 7.40. The van der Waals surface area contributed by atoms with Crippen molar-refractivity contribution in [3.63, 3.8) is 0 Å². The number of carbonyl (C=O) groups excluding carboxylic acids is 1. The average molecular weight is 340 g/mol. The van der Waals surface area contributed by atoms with E-state index in [0.717, 1.165) is 11.3 Å². The Kier molecular flexibility index (Phi) is 6.44. The monoisotopic (exact) mass is 339 g/mol. The highest BCUT2D eigenvalue weighted by molar-refractivity contribution is 8.15. The first-order chi connectivity index (χ1) is 9.25. The fourth-order valence-corrected chi connectivity index (χ4v) is 3.60. The van der Waals surface area contributed by atoms with Crippen LogP contribution in [0.2, 0.25) is 0 Å². The SMILES string of the molecule is COCCN(CC(C)C)C(=O)c1csc(S(=O)(=O)Cl)c1. The van der Waals surface area contributed by atoms with Crippen molar-refractivity contribution in [1.82, 2.24) is 4.90 Å². The smallest absolute Gasteiger partial charge is 0.270 e. The predicted molar refractivity (Wildman–Crippen MR) is 80.0 cm³/mol. The van der Waals surface area contributed by atoms with Crippen molar-refractivity contribution in [2.75, 3.05) is 26.8 Å². The molecule has 0 spiro atoms. The normalized spacial score (nSPS) is 11.8. The Hall–Kier alpha value is -0.630. The molecule has 0 aromatic carbocycles. The van der Waals surface area contributed by atoms with Crippen LogP contribution in [0.1, 0.15) is 24.2 Å². The largest absolute Gasteiger partial charge is 0.383 e. The molecule has 0 N–H and O–H groups in total. The van der Waals surface area contributed by atoms with Crippen LogP contribution < -0.4 is 0 Å². The number of thiophene rings is 1. The molecule has 0 saturated heterocycles. The maximum Gasteiger partial charge on any atom is 0.270 e. The number of ether oxygens (including phenoxy) is 1. The molecule has 0 atom stereocenters. The Balaban J connectivity index is 2.91. The van der Waals surface area contributed by atoms with E-state index < -0.39 is 9.05 Å². The minimum Gasteiger partial charge on any atom is -0.383 e. The highest BCUT2D eigenvalue weighted by atomic mass is 35.7. The van der Waals surface area contributed by atoms with Crippen molar-refractivity contribution in [2.45, 2.75) is 18.1 Å². The van der Waals surface area contributed by atoms with Crippen molar-refractivity contribution in [3.05, 3.63) is 17.0 Å². The summed E-state index contributed by atoms with van der Waals surface area (Å²) in [6.07, 6.45) is 0. The van der Waals surface area contributed by atoms with E-state index in [4.69, 9.17) is 15.4 Å². The molecule has 114 valence electrons. The first-order valence-electron chi connectivity index (χ1n) is 6.07. The van der Waals surface area contributed by atoms with Gasteiger partial charge < -0.3 is 9.64 Å². The van der Waals surface area contributed by atoms with Gasteiger partial charge in [-0.05, 0) is 12.0 Å². The Morgan fingerprint density at radius 3 is 2.60 bits per heavy atom. The molecule has 0 aliphatic rings. The molecule has 0 aliphatic heterocycles. The number of methoxy groups -OCH3 is 1. The molecule has 1 aromatic rings. The average Bonchev–Trinajstić information content (AvgIpc) is 2.82. The molecule has 0 unspecified atom stereocenters. The summed E-state index contributed by atoms with van der Waals surface area (Å²) in [5.74, 6) is 0.101. The molecule has 1 rings (SSSR count). The van der Waals surface area contributed by atoms with Crippen molar-refractivity contribution in [1.29, 1.82) is 0 Å². The third kappa shape index (κ3) is 5.05. The summed E-state index contributed by atoms with van der Waals surface area (Å²) in [4.78, 5) is 14.0. The molecule has 0 radical (unpaired) electrons. The molecular formula is C12H18ClNO4S2. The van der Waals surface area contributed by atoms with E-state index in [9.17, 15) is 13.2 Å². The number of halogens is 1. The van der Waals surface area contributed by atoms with Gasteiger partial charge >= 0.3 is 0 Å². The number of hydrogen-bond donors (Lipinski definition) is 0. The fraction of sp³-hybridized carbons (Fsp3) is 0.583. The lowest BCUT2D eigenvalue weighted by atomic mass is 10.2. The van der Waals surface area contributed by atoms with E-state index in [2.05, 4.69) is 0 Å². The van der Waals surface area contributed by atoms with Gasteiger partial charge in [-0.2, -0.15) is 0 Å². The van der Waals surface area contributed by atoms with Crippen LogP contribution in [0.3, 0.4) is 0 Å².